The molecule has 0 unspecified atom stereocenters. The molecule has 34 heavy (non-hydrogen) atoms. The zero-order valence-electron chi connectivity index (χ0n) is 20.2. The largest absolute Gasteiger partial charge is 1.00 e. The first-order valence-electron chi connectivity index (χ1n) is 9.13. The van der Waals surface area contributed by atoms with E-state index in [-0.39, 0.29) is 43.3 Å². The van der Waals surface area contributed by atoms with Gasteiger partial charge in [-0.25, -0.2) is 0 Å². The second kappa shape index (κ2) is 20.4. The third-order valence-electron chi connectivity index (χ3n) is 3.59. The number of aryl methyl sites for hydroxylation is 2. The van der Waals surface area contributed by atoms with E-state index in [0.717, 1.165) is 34.3 Å². The minimum atomic E-state index is 0. The van der Waals surface area contributed by atoms with Crippen molar-refractivity contribution in [1.29, 1.82) is 0 Å². The van der Waals surface area contributed by atoms with Gasteiger partial charge < -0.3 is 6.16 Å². The molecule has 0 N–H and O–H groups in total. The molecule has 0 bridgehead atoms. The van der Waals surface area contributed by atoms with Crippen LogP contribution in [-0.2, 0) is 19.2 Å². The number of methoxy groups -OCH3 is 1. The number of hydrogen-bond acceptors (Lipinski definition) is 8. The van der Waals surface area contributed by atoms with Gasteiger partial charge in [0, 0.05) is 30.4 Å². The van der Waals surface area contributed by atoms with E-state index in [1.165, 1.54) is 0 Å². The maximum absolute atomic E-state index is 10.1. The molecule has 0 aliphatic rings. The van der Waals surface area contributed by atoms with E-state index in [1.807, 2.05) is 50.5 Å². The Labute approximate surface area is 225 Å². The first-order chi connectivity index (χ1) is 15.8. The molecular formula is C24H22ClN2NaO6. The molecule has 0 saturated heterocycles. The molecule has 0 fully saturated rings. The summed E-state index contributed by atoms with van der Waals surface area (Å²) < 4.78 is 5.11. The summed E-state index contributed by atoms with van der Waals surface area (Å²) >= 11 is 6.16. The van der Waals surface area contributed by atoms with Crippen LogP contribution in [0, 0.1) is 13.8 Å². The monoisotopic (exact) mass is 492 g/mol. The van der Waals surface area contributed by atoms with Crippen molar-refractivity contribution in [2.75, 3.05) is 7.11 Å². The molecule has 0 atom stereocenters. The number of carbonyl (C=O) groups is 1. The van der Waals surface area contributed by atoms with Crippen molar-refractivity contribution in [1.82, 2.24) is 9.97 Å². The normalized spacial score (nSPS) is 8.59. The predicted molar refractivity (Wildman–Crippen MR) is 121 cm³/mol. The fourth-order valence-corrected chi connectivity index (χ4v) is 2.50. The van der Waals surface area contributed by atoms with E-state index in [1.54, 1.807) is 31.6 Å². The molecular weight excluding hydrogens is 471 g/mol. The predicted octanol–water partition coefficient (Wildman–Crippen LogP) is 1.37. The first kappa shape index (κ1) is 33.0. The van der Waals surface area contributed by atoms with Crippen LogP contribution in [0.4, 0.5) is 0 Å². The van der Waals surface area contributed by atoms with E-state index in [2.05, 4.69) is 16.0 Å². The van der Waals surface area contributed by atoms with Crippen molar-refractivity contribution in [3.05, 3.63) is 88.0 Å². The van der Waals surface area contributed by atoms with E-state index in [0.29, 0.717) is 10.6 Å². The Kier molecular flexibility index (Phi) is 19.8. The zero-order chi connectivity index (χ0) is 25.1. The molecule has 0 radical (unpaired) electrons. The molecule has 0 aliphatic heterocycles. The fraction of sp³-hybridized carbons (Fsp3) is 0.125. The van der Waals surface area contributed by atoms with E-state index < -0.39 is 0 Å². The van der Waals surface area contributed by atoms with Crippen LogP contribution in [0.2, 0.25) is 5.02 Å². The van der Waals surface area contributed by atoms with Crippen LogP contribution in [0.5, 0.6) is 5.75 Å². The maximum Gasteiger partial charge on any atom is 1.00 e. The number of nitrogens with zero attached hydrogens (tertiary/aromatic N) is 2. The number of aldehydes is 1. The number of carbonyl (C=O) groups excluding carboxylic acids is 5. The van der Waals surface area contributed by atoms with Crippen LogP contribution in [0.1, 0.15) is 34.0 Å². The number of pyridine rings is 2. The Hall–Kier alpha value is -3.22. The fourth-order valence-electron chi connectivity index (χ4n) is 2.27. The van der Waals surface area contributed by atoms with Crippen molar-refractivity contribution < 1.29 is 59.7 Å². The second-order valence-corrected chi connectivity index (χ2v) is 6.50. The van der Waals surface area contributed by atoms with Gasteiger partial charge in [0.1, 0.15) is 5.75 Å². The van der Waals surface area contributed by atoms with Crippen molar-refractivity contribution in [2.24, 2.45) is 0 Å². The number of hydrogen-bond donors (Lipinski definition) is 0. The summed E-state index contributed by atoms with van der Waals surface area (Å²) in [5, 5.41) is 0.672. The van der Waals surface area contributed by atoms with Gasteiger partial charge in [-0.15, -0.1) is 0 Å². The molecule has 3 rings (SSSR count). The summed E-state index contributed by atoms with van der Waals surface area (Å²) in [4.78, 5) is 50.6. The maximum atomic E-state index is 10.1. The summed E-state index contributed by atoms with van der Waals surface area (Å²) in [6.07, 6.45) is 12.2. The summed E-state index contributed by atoms with van der Waals surface area (Å²) in [5.74, 6) is 0.759. The molecule has 172 valence electrons. The van der Waals surface area contributed by atoms with Gasteiger partial charge in [0.05, 0.1) is 12.1 Å². The Balaban J connectivity index is -0.000000508. The average molecular weight is 493 g/mol. The van der Waals surface area contributed by atoms with Crippen LogP contribution in [-0.4, -0.2) is 35.7 Å². The Bertz CT molecular complexity index is 1120. The minimum absolute atomic E-state index is 0. The topological polar surface area (TPSA) is 120 Å². The van der Waals surface area contributed by atoms with Gasteiger partial charge in [-0.3, -0.25) is 14.8 Å². The Morgan fingerprint density at radius 3 is 1.76 bits per heavy atom. The van der Waals surface area contributed by atoms with Gasteiger partial charge in [0.2, 0.25) is 0 Å². The summed E-state index contributed by atoms with van der Waals surface area (Å²) in [7, 11) is 1.62. The van der Waals surface area contributed by atoms with Crippen molar-refractivity contribution in [2.45, 2.75) is 13.8 Å². The van der Waals surface area contributed by atoms with E-state index in [9.17, 15) is 4.79 Å². The number of benzene rings is 1. The standard InChI is InChI=1S/C15H14ClNO.C7H7NO.2CO2.Na.H/c1-11-7-12(10-17-9-11)3-4-13-5-6-14(18-2)8-15(13)16;1-6-2-7(5-9)4-8-3-6;2*2-1-3;;/h3-10H,1-2H3;2-5H,1H3;;;;/q;;;;+1;-1/b4-3+;;;;;. The molecule has 2 aromatic heterocycles. The molecule has 0 spiro atoms. The van der Waals surface area contributed by atoms with Gasteiger partial charge in [0.25, 0.3) is 0 Å². The van der Waals surface area contributed by atoms with E-state index >= 15 is 0 Å². The third kappa shape index (κ3) is 14.8. The SMILES string of the molecule is COc1ccc(/C=C/c2cncc(C)c2)c(Cl)c1.Cc1cncc(C=O)c1.O=C=O.O=C=O.[H-].[Na+]. The van der Waals surface area contributed by atoms with Gasteiger partial charge >= 0.3 is 41.9 Å². The van der Waals surface area contributed by atoms with Crippen LogP contribution in [0.15, 0.2) is 55.1 Å². The number of halogens is 1. The van der Waals surface area contributed by atoms with Crippen molar-refractivity contribution >= 4 is 42.3 Å². The summed E-state index contributed by atoms with van der Waals surface area (Å²) in [5.41, 5.74) is 4.80. The van der Waals surface area contributed by atoms with E-state index in [4.69, 9.17) is 35.5 Å². The smallest absolute Gasteiger partial charge is 1.00 e. The Morgan fingerprint density at radius 2 is 1.35 bits per heavy atom. The molecule has 0 aliphatic carbocycles. The van der Waals surface area contributed by atoms with Crippen molar-refractivity contribution in [3.63, 3.8) is 0 Å². The quantitative estimate of drug-likeness (QED) is 0.395. The second-order valence-electron chi connectivity index (χ2n) is 6.10. The molecule has 1 aromatic carbocycles. The third-order valence-corrected chi connectivity index (χ3v) is 3.92. The van der Waals surface area contributed by atoms with Gasteiger partial charge in [-0.1, -0.05) is 23.8 Å². The van der Waals surface area contributed by atoms with Crippen LogP contribution >= 0.6 is 11.6 Å². The number of aromatic nitrogens is 2. The molecule has 10 heteroatoms. The molecule has 3 aromatic rings. The molecule has 0 amide bonds. The van der Waals surface area contributed by atoms with Crippen molar-refractivity contribution in [3.8, 4) is 5.75 Å². The Morgan fingerprint density at radius 1 is 0.853 bits per heavy atom. The molecule has 2 heterocycles. The number of ether oxygens (including phenoxy) is 1. The van der Waals surface area contributed by atoms with Crippen LogP contribution in [0.3, 0.4) is 0 Å². The molecule has 0 saturated carbocycles. The minimum Gasteiger partial charge on any atom is -1.00 e. The summed E-state index contributed by atoms with van der Waals surface area (Å²) in [6, 6.07) is 9.48. The van der Waals surface area contributed by atoms with Gasteiger partial charge in [-0.2, -0.15) is 19.2 Å². The van der Waals surface area contributed by atoms with Crippen LogP contribution in [0.25, 0.3) is 12.2 Å². The van der Waals surface area contributed by atoms with Crippen LogP contribution < -0.4 is 34.3 Å². The average Bonchev–Trinajstić information content (AvgIpc) is 2.80. The first-order valence-corrected chi connectivity index (χ1v) is 9.51. The molecule has 8 nitrogen and oxygen atoms in total. The summed E-state index contributed by atoms with van der Waals surface area (Å²) in [6.45, 7) is 3.92. The van der Waals surface area contributed by atoms with Gasteiger partial charge in [-0.05, 0) is 66.4 Å². The number of rotatable bonds is 4. The van der Waals surface area contributed by atoms with Gasteiger partial charge in [0.15, 0.2) is 6.29 Å². The zero-order valence-corrected chi connectivity index (χ0v) is 21.9.